The highest BCUT2D eigenvalue weighted by Gasteiger charge is 2.28. The van der Waals surface area contributed by atoms with Crippen LogP contribution in [0.25, 0.3) is 0 Å². The Morgan fingerprint density at radius 1 is 1.40 bits per heavy atom. The number of nitrogens with zero attached hydrogens (tertiary/aromatic N) is 2. The molecule has 1 aliphatic rings. The molecule has 0 bridgehead atoms. The van der Waals surface area contributed by atoms with E-state index >= 15 is 0 Å². The molecule has 6 heteroatoms. The van der Waals surface area contributed by atoms with Gasteiger partial charge in [-0.1, -0.05) is 13.8 Å². The highest BCUT2D eigenvalue weighted by atomic mass is 127. The highest BCUT2D eigenvalue weighted by Crippen LogP contribution is 2.26. The molecule has 1 fully saturated rings. The topological polar surface area (TPSA) is 63.5 Å². The van der Waals surface area contributed by atoms with Crippen molar-refractivity contribution in [1.82, 2.24) is 4.90 Å². The molecule has 1 aromatic rings. The standard InChI is InChI=1S/C14H17IN2O3/c1-9-5-6-16(8-10(9)2)14(18)12-7-11(17(19)20)3-4-13(12)15/h3-4,7,9-10H,5-6,8H2,1-2H3. The summed E-state index contributed by atoms with van der Waals surface area (Å²) in [5.41, 5.74) is 0.397. The van der Waals surface area contributed by atoms with Crippen LogP contribution in [0.4, 0.5) is 5.69 Å². The van der Waals surface area contributed by atoms with E-state index in [4.69, 9.17) is 0 Å². The summed E-state index contributed by atoms with van der Waals surface area (Å²) in [4.78, 5) is 24.7. The van der Waals surface area contributed by atoms with Gasteiger partial charge in [-0.2, -0.15) is 0 Å². The van der Waals surface area contributed by atoms with Gasteiger partial charge in [-0.15, -0.1) is 0 Å². The number of benzene rings is 1. The number of non-ortho nitro benzene ring substituents is 1. The van der Waals surface area contributed by atoms with E-state index in [1.54, 1.807) is 6.07 Å². The van der Waals surface area contributed by atoms with Gasteiger partial charge in [0.1, 0.15) is 0 Å². The van der Waals surface area contributed by atoms with Crippen molar-refractivity contribution in [3.8, 4) is 0 Å². The van der Waals surface area contributed by atoms with Gasteiger partial charge in [0.15, 0.2) is 0 Å². The molecule has 0 saturated carbocycles. The largest absolute Gasteiger partial charge is 0.338 e. The lowest BCUT2D eigenvalue weighted by molar-refractivity contribution is -0.384. The van der Waals surface area contributed by atoms with Crippen molar-refractivity contribution in [2.45, 2.75) is 20.3 Å². The lowest BCUT2D eigenvalue weighted by Gasteiger charge is -2.35. The van der Waals surface area contributed by atoms with Crippen LogP contribution in [0.15, 0.2) is 18.2 Å². The number of amides is 1. The molecule has 1 amide bonds. The predicted molar refractivity (Wildman–Crippen MR) is 84.7 cm³/mol. The molecule has 2 unspecified atom stereocenters. The number of hydrogen-bond acceptors (Lipinski definition) is 3. The van der Waals surface area contributed by atoms with Crippen molar-refractivity contribution < 1.29 is 9.72 Å². The van der Waals surface area contributed by atoms with E-state index < -0.39 is 4.92 Å². The van der Waals surface area contributed by atoms with Crippen LogP contribution in [-0.2, 0) is 0 Å². The smallest absolute Gasteiger partial charge is 0.270 e. The number of halogens is 1. The number of carbonyl (C=O) groups excluding carboxylic acids is 1. The van der Waals surface area contributed by atoms with Gasteiger partial charge in [0.2, 0.25) is 0 Å². The molecular weight excluding hydrogens is 371 g/mol. The maximum Gasteiger partial charge on any atom is 0.270 e. The first kappa shape index (κ1) is 15.2. The zero-order valence-corrected chi connectivity index (χ0v) is 13.7. The fourth-order valence-electron chi connectivity index (χ4n) is 2.41. The first-order chi connectivity index (χ1) is 9.40. The Bertz CT molecular complexity index is 547. The van der Waals surface area contributed by atoms with Gasteiger partial charge in [-0.05, 0) is 46.9 Å². The molecule has 1 saturated heterocycles. The van der Waals surface area contributed by atoms with Crippen LogP contribution in [0.5, 0.6) is 0 Å². The van der Waals surface area contributed by atoms with E-state index in [9.17, 15) is 14.9 Å². The molecule has 0 spiro atoms. The lowest BCUT2D eigenvalue weighted by Crippen LogP contribution is -2.42. The molecule has 20 heavy (non-hydrogen) atoms. The van der Waals surface area contributed by atoms with Crippen LogP contribution in [-0.4, -0.2) is 28.8 Å². The third-order valence-corrected chi connectivity index (χ3v) is 4.95. The summed E-state index contributed by atoms with van der Waals surface area (Å²) < 4.78 is 0.754. The first-order valence-corrected chi connectivity index (χ1v) is 7.71. The van der Waals surface area contributed by atoms with Gasteiger partial charge in [-0.25, -0.2) is 0 Å². The molecule has 5 nitrogen and oxygen atoms in total. The summed E-state index contributed by atoms with van der Waals surface area (Å²) in [7, 11) is 0. The van der Waals surface area contributed by atoms with Crippen LogP contribution in [0.1, 0.15) is 30.6 Å². The zero-order chi connectivity index (χ0) is 14.9. The summed E-state index contributed by atoms with van der Waals surface area (Å²) in [5, 5.41) is 10.8. The normalized spacial score (nSPS) is 22.6. The van der Waals surface area contributed by atoms with Gasteiger partial charge < -0.3 is 4.90 Å². The quantitative estimate of drug-likeness (QED) is 0.444. The second-order valence-corrected chi connectivity index (χ2v) is 6.58. The van der Waals surface area contributed by atoms with E-state index in [-0.39, 0.29) is 11.6 Å². The molecule has 0 aromatic heterocycles. The number of piperidine rings is 1. The summed E-state index contributed by atoms with van der Waals surface area (Å²) in [6.07, 6.45) is 0.985. The van der Waals surface area contributed by atoms with E-state index in [0.717, 1.165) is 23.1 Å². The van der Waals surface area contributed by atoms with E-state index in [0.29, 0.717) is 17.4 Å². The van der Waals surface area contributed by atoms with Crippen LogP contribution in [0.3, 0.4) is 0 Å². The fourth-order valence-corrected chi connectivity index (χ4v) is 2.97. The van der Waals surface area contributed by atoms with Crippen molar-refractivity contribution in [1.29, 1.82) is 0 Å². The van der Waals surface area contributed by atoms with Gasteiger partial charge in [-0.3, -0.25) is 14.9 Å². The van der Waals surface area contributed by atoms with Gasteiger partial charge in [0, 0.05) is 28.8 Å². The molecule has 1 aromatic carbocycles. The Morgan fingerprint density at radius 3 is 2.70 bits per heavy atom. The molecular formula is C14H17IN2O3. The minimum absolute atomic E-state index is 0.0350. The van der Waals surface area contributed by atoms with Crippen LogP contribution >= 0.6 is 22.6 Å². The summed E-state index contributed by atoms with van der Waals surface area (Å²) in [6.45, 7) is 5.79. The molecule has 0 radical (unpaired) electrons. The van der Waals surface area contributed by atoms with Crippen molar-refractivity contribution in [2.24, 2.45) is 11.8 Å². The number of nitro groups is 1. The van der Waals surface area contributed by atoms with Gasteiger partial charge in [0.05, 0.1) is 10.5 Å². The molecule has 0 N–H and O–H groups in total. The average molecular weight is 388 g/mol. The minimum Gasteiger partial charge on any atom is -0.338 e. The van der Waals surface area contributed by atoms with Crippen molar-refractivity contribution >= 4 is 34.2 Å². The number of rotatable bonds is 2. The van der Waals surface area contributed by atoms with E-state index in [2.05, 4.69) is 36.4 Å². The summed E-state index contributed by atoms with van der Waals surface area (Å²) >= 11 is 2.05. The number of carbonyl (C=O) groups is 1. The van der Waals surface area contributed by atoms with Crippen molar-refractivity contribution in [3.05, 3.63) is 37.4 Å². The van der Waals surface area contributed by atoms with Gasteiger partial charge in [0.25, 0.3) is 11.6 Å². The van der Waals surface area contributed by atoms with Crippen molar-refractivity contribution in [2.75, 3.05) is 13.1 Å². The molecule has 2 atom stereocenters. The highest BCUT2D eigenvalue weighted by molar-refractivity contribution is 14.1. The Labute approximate surface area is 131 Å². The second kappa shape index (κ2) is 6.07. The Hall–Kier alpha value is -1.18. The second-order valence-electron chi connectivity index (χ2n) is 5.42. The first-order valence-electron chi connectivity index (χ1n) is 6.63. The van der Waals surface area contributed by atoms with Crippen LogP contribution in [0, 0.1) is 25.5 Å². The molecule has 108 valence electrons. The van der Waals surface area contributed by atoms with Gasteiger partial charge >= 0.3 is 0 Å². The van der Waals surface area contributed by atoms with Crippen LogP contribution < -0.4 is 0 Å². The van der Waals surface area contributed by atoms with E-state index in [1.165, 1.54) is 12.1 Å². The van der Waals surface area contributed by atoms with Crippen LogP contribution in [0.2, 0.25) is 0 Å². The summed E-state index contributed by atoms with van der Waals surface area (Å²) in [6, 6.07) is 4.44. The maximum absolute atomic E-state index is 12.5. The third kappa shape index (κ3) is 3.11. The lowest BCUT2D eigenvalue weighted by atomic mass is 9.88. The molecule has 2 rings (SSSR count). The Kier molecular flexibility index (Phi) is 4.62. The number of nitro benzene ring substituents is 1. The number of hydrogen-bond donors (Lipinski definition) is 0. The SMILES string of the molecule is CC1CCN(C(=O)c2cc([N+](=O)[O-])ccc2I)CC1C. The predicted octanol–water partition coefficient (Wildman–Crippen LogP) is 3.32. The molecule has 1 aliphatic heterocycles. The fraction of sp³-hybridized carbons (Fsp3) is 0.500. The maximum atomic E-state index is 12.5. The monoisotopic (exact) mass is 388 g/mol. The third-order valence-electron chi connectivity index (χ3n) is 4.01. The summed E-state index contributed by atoms with van der Waals surface area (Å²) in [5.74, 6) is 0.976. The molecule has 0 aliphatic carbocycles. The number of likely N-dealkylation sites (tertiary alicyclic amines) is 1. The zero-order valence-electron chi connectivity index (χ0n) is 11.5. The Morgan fingerprint density at radius 2 is 2.10 bits per heavy atom. The van der Waals surface area contributed by atoms with E-state index in [1.807, 2.05) is 4.90 Å². The minimum atomic E-state index is -0.465. The Balaban J connectivity index is 2.25. The molecule has 1 heterocycles. The average Bonchev–Trinajstić information content (AvgIpc) is 2.41. The van der Waals surface area contributed by atoms with Crippen molar-refractivity contribution in [3.63, 3.8) is 0 Å².